The number of fused-ring (bicyclic) bond motifs is 1. The minimum absolute atomic E-state index is 0.498. The van der Waals surface area contributed by atoms with Crippen LogP contribution in [0.15, 0.2) is 16.6 Å². The molecule has 0 aliphatic carbocycles. The summed E-state index contributed by atoms with van der Waals surface area (Å²) in [5, 5.41) is 4.80. The van der Waals surface area contributed by atoms with Gasteiger partial charge in [0.05, 0.1) is 5.52 Å². The molecule has 1 aromatic heterocycles. The van der Waals surface area contributed by atoms with Crippen LogP contribution in [0.4, 0.5) is 0 Å². The van der Waals surface area contributed by atoms with Crippen LogP contribution in [0.5, 0.6) is 0 Å². The van der Waals surface area contributed by atoms with Crippen molar-refractivity contribution in [2.75, 3.05) is 0 Å². The predicted molar refractivity (Wildman–Crippen MR) is 82.1 cm³/mol. The standard InChI is InChI=1S/C15H21BrN2/c1-9(2)17-8-13-14(16)12-7-10(3)6-11(4)15(12)18(13)5/h6-7,9,17H,8H2,1-5H3. The van der Waals surface area contributed by atoms with E-state index in [0.29, 0.717) is 6.04 Å². The summed E-state index contributed by atoms with van der Waals surface area (Å²) in [6.45, 7) is 9.57. The number of hydrogen-bond donors (Lipinski definition) is 1. The SMILES string of the molecule is Cc1cc(C)c2c(c1)c(Br)c(CNC(C)C)n2C. The van der Waals surface area contributed by atoms with E-state index in [1.807, 2.05) is 0 Å². The Morgan fingerprint density at radius 2 is 1.94 bits per heavy atom. The summed E-state index contributed by atoms with van der Waals surface area (Å²) in [4.78, 5) is 0. The van der Waals surface area contributed by atoms with Crippen molar-refractivity contribution in [1.29, 1.82) is 0 Å². The molecule has 0 saturated carbocycles. The molecule has 0 saturated heterocycles. The van der Waals surface area contributed by atoms with E-state index in [0.717, 1.165) is 6.54 Å². The van der Waals surface area contributed by atoms with Gasteiger partial charge in [0.1, 0.15) is 0 Å². The highest BCUT2D eigenvalue weighted by Gasteiger charge is 2.14. The highest BCUT2D eigenvalue weighted by Crippen LogP contribution is 2.33. The minimum Gasteiger partial charge on any atom is -0.345 e. The summed E-state index contributed by atoms with van der Waals surface area (Å²) < 4.78 is 3.52. The molecule has 0 spiro atoms. The van der Waals surface area contributed by atoms with Gasteiger partial charge in [-0.25, -0.2) is 0 Å². The van der Waals surface area contributed by atoms with Crippen molar-refractivity contribution in [2.45, 2.75) is 40.3 Å². The van der Waals surface area contributed by atoms with Crippen molar-refractivity contribution >= 4 is 26.8 Å². The van der Waals surface area contributed by atoms with E-state index in [1.54, 1.807) is 0 Å². The van der Waals surface area contributed by atoms with Crippen molar-refractivity contribution in [3.8, 4) is 0 Å². The molecule has 18 heavy (non-hydrogen) atoms. The minimum atomic E-state index is 0.498. The predicted octanol–water partition coefficient (Wildman–Crippen LogP) is 4.06. The highest BCUT2D eigenvalue weighted by molar-refractivity contribution is 9.10. The number of rotatable bonds is 3. The van der Waals surface area contributed by atoms with E-state index in [9.17, 15) is 0 Å². The van der Waals surface area contributed by atoms with Crippen LogP contribution < -0.4 is 5.32 Å². The fraction of sp³-hybridized carbons (Fsp3) is 0.467. The van der Waals surface area contributed by atoms with Crippen molar-refractivity contribution in [1.82, 2.24) is 9.88 Å². The van der Waals surface area contributed by atoms with Gasteiger partial charge in [-0.3, -0.25) is 0 Å². The maximum atomic E-state index is 3.76. The van der Waals surface area contributed by atoms with Crippen molar-refractivity contribution < 1.29 is 0 Å². The zero-order valence-corrected chi connectivity index (χ0v) is 13.4. The highest BCUT2D eigenvalue weighted by atomic mass is 79.9. The quantitative estimate of drug-likeness (QED) is 0.905. The van der Waals surface area contributed by atoms with Gasteiger partial charge >= 0.3 is 0 Å². The van der Waals surface area contributed by atoms with Gasteiger partial charge in [-0.15, -0.1) is 0 Å². The van der Waals surface area contributed by atoms with Crippen LogP contribution in [0.1, 0.15) is 30.7 Å². The number of hydrogen-bond acceptors (Lipinski definition) is 1. The molecule has 0 fully saturated rings. The van der Waals surface area contributed by atoms with Crippen molar-refractivity contribution in [3.05, 3.63) is 33.4 Å². The first-order chi connectivity index (χ1) is 8.41. The molecule has 0 radical (unpaired) electrons. The van der Waals surface area contributed by atoms with Crippen LogP contribution in [0, 0.1) is 13.8 Å². The Kier molecular flexibility index (Phi) is 3.83. The molecule has 0 aliphatic rings. The Hall–Kier alpha value is -0.800. The Labute approximate surface area is 118 Å². The maximum absolute atomic E-state index is 3.76. The van der Waals surface area contributed by atoms with E-state index in [-0.39, 0.29) is 0 Å². The molecule has 2 rings (SSSR count). The zero-order valence-electron chi connectivity index (χ0n) is 11.8. The monoisotopic (exact) mass is 308 g/mol. The molecule has 98 valence electrons. The van der Waals surface area contributed by atoms with Crippen molar-refractivity contribution in [2.24, 2.45) is 7.05 Å². The topological polar surface area (TPSA) is 17.0 Å². The molecule has 2 nitrogen and oxygen atoms in total. The van der Waals surface area contributed by atoms with E-state index in [2.05, 4.69) is 72.7 Å². The first-order valence-corrected chi connectivity index (χ1v) is 7.18. The molecule has 0 amide bonds. The molecule has 1 aromatic carbocycles. The van der Waals surface area contributed by atoms with Crippen molar-refractivity contribution in [3.63, 3.8) is 0 Å². The Balaban J connectivity index is 2.58. The second-order valence-electron chi connectivity index (χ2n) is 5.33. The van der Waals surface area contributed by atoms with Crippen LogP contribution in [0.3, 0.4) is 0 Å². The summed E-state index contributed by atoms with van der Waals surface area (Å²) in [5.74, 6) is 0. The van der Waals surface area contributed by atoms with Crippen LogP contribution in [-0.4, -0.2) is 10.6 Å². The molecule has 3 heteroatoms. The summed E-state index contributed by atoms with van der Waals surface area (Å²) in [7, 11) is 2.15. The normalized spacial score (nSPS) is 11.7. The first-order valence-electron chi connectivity index (χ1n) is 6.39. The Morgan fingerprint density at radius 1 is 1.28 bits per heavy atom. The smallest absolute Gasteiger partial charge is 0.0521 e. The molecule has 0 aliphatic heterocycles. The summed E-state index contributed by atoms with van der Waals surface area (Å²) in [6.07, 6.45) is 0. The van der Waals surface area contributed by atoms with Crippen LogP contribution in [0.2, 0.25) is 0 Å². The fourth-order valence-electron chi connectivity index (χ4n) is 2.51. The van der Waals surface area contributed by atoms with E-state index < -0.39 is 0 Å². The third kappa shape index (κ3) is 2.34. The van der Waals surface area contributed by atoms with Crippen LogP contribution >= 0.6 is 15.9 Å². The van der Waals surface area contributed by atoms with Crippen LogP contribution in [-0.2, 0) is 13.6 Å². The van der Waals surface area contributed by atoms with Gasteiger partial charge in [-0.2, -0.15) is 0 Å². The average Bonchev–Trinajstić information content (AvgIpc) is 2.49. The Bertz CT molecular complexity index is 582. The van der Waals surface area contributed by atoms with Gasteiger partial charge in [-0.1, -0.05) is 25.5 Å². The molecule has 1 heterocycles. The molecule has 0 bridgehead atoms. The number of benzene rings is 1. The lowest BCUT2D eigenvalue weighted by atomic mass is 10.1. The zero-order chi connectivity index (χ0) is 13.4. The first kappa shape index (κ1) is 13.6. The Morgan fingerprint density at radius 3 is 2.56 bits per heavy atom. The van der Waals surface area contributed by atoms with Gasteiger partial charge in [0, 0.05) is 35.2 Å². The number of aryl methyl sites for hydroxylation is 3. The number of aromatic nitrogens is 1. The van der Waals surface area contributed by atoms with E-state index in [1.165, 1.54) is 32.2 Å². The van der Waals surface area contributed by atoms with Crippen LogP contribution in [0.25, 0.3) is 10.9 Å². The van der Waals surface area contributed by atoms with E-state index >= 15 is 0 Å². The van der Waals surface area contributed by atoms with Gasteiger partial charge in [0.2, 0.25) is 0 Å². The van der Waals surface area contributed by atoms with Gasteiger partial charge in [0.25, 0.3) is 0 Å². The second-order valence-corrected chi connectivity index (χ2v) is 6.13. The molecular weight excluding hydrogens is 288 g/mol. The molecule has 0 atom stereocenters. The van der Waals surface area contributed by atoms with Gasteiger partial charge in [0.15, 0.2) is 0 Å². The molecule has 2 aromatic rings. The third-order valence-corrected chi connectivity index (χ3v) is 4.24. The molecular formula is C15H21BrN2. The average molecular weight is 309 g/mol. The third-order valence-electron chi connectivity index (χ3n) is 3.35. The second kappa shape index (κ2) is 5.06. The lowest BCUT2D eigenvalue weighted by Gasteiger charge is -2.10. The largest absolute Gasteiger partial charge is 0.345 e. The number of nitrogens with one attached hydrogen (secondary N) is 1. The summed E-state index contributed by atoms with van der Waals surface area (Å²) in [6, 6.07) is 5.00. The number of nitrogens with zero attached hydrogens (tertiary/aromatic N) is 1. The lowest BCUT2D eigenvalue weighted by molar-refractivity contribution is 0.571. The lowest BCUT2D eigenvalue weighted by Crippen LogP contribution is -2.23. The number of halogens is 1. The van der Waals surface area contributed by atoms with Gasteiger partial charge in [-0.05, 0) is 41.4 Å². The molecule has 0 unspecified atom stereocenters. The molecule has 1 N–H and O–H groups in total. The summed E-state index contributed by atoms with van der Waals surface area (Å²) in [5.41, 5.74) is 5.29. The summed E-state index contributed by atoms with van der Waals surface area (Å²) >= 11 is 3.76. The van der Waals surface area contributed by atoms with Gasteiger partial charge < -0.3 is 9.88 Å². The van der Waals surface area contributed by atoms with E-state index in [4.69, 9.17) is 0 Å². The fourth-order valence-corrected chi connectivity index (χ4v) is 3.22. The maximum Gasteiger partial charge on any atom is 0.0521 e.